The lowest BCUT2D eigenvalue weighted by Gasteiger charge is -2.34. The minimum atomic E-state index is -0.510. The van der Waals surface area contributed by atoms with Crippen LogP contribution in [0.3, 0.4) is 0 Å². The van der Waals surface area contributed by atoms with Crippen molar-refractivity contribution in [2.75, 3.05) is 19.6 Å². The summed E-state index contributed by atoms with van der Waals surface area (Å²) in [7, 11) is 0. The van der Waals surface area contributed by atoms with Gasteiger partial charge in [-0.2, -0.15) is 0 Å². The van der Waals surface area contributed by atoms with Gasteiger partial charge in [-0.05, 0) is 25.3 Å². The lowest BCUT2D eigenvalue weighted by molar-refractivity contribution is -0.157. The minimum Gasteiger partial charge on any atom is -0.353 e. The van der Waals surface area contributed by atoms with Gasteiger partial charge in [-0.25, -0.2) is 0 Å². The van der Waals surface area contributed by atoms with Crippen LogP contribution in [0, 0.1) is 12.8 Å². The Kier molecular flexibility index (Phi) is 5.06. The number of hydrogen-bond acceptors (Lipinski definition) is 3. The van der Waals surface area contributed by atoms with E-state index in [9.17, 15) is 14.4 Å². The Morgan fingerprint density at radius 3 is 2.36 bits per heavy atom. The topological polar surface area (TPSA) is 69.7 Å². The molecule has 6 heteroatoms. The molecule has 0 bridgehead atoms. The van der Waals surface area contributed by atoms with Gasteiger partial charge in [-0.3, -0.25) is 14.4 Å². The summed E-state index contributed by atoms with van der Waals surface area (Å²) in [5, 5.41) is 2.94. The van der Waals surface area contributed by atoms with Gasteiger partial charge in [0, 0.05) is 32.2 Å². The Labute approximate surface area is 148 Å². The maximum Gasteiger partial charge on any atom is 0.312 e. The van der Waals surface area contributed by atoms with Crippen LogP contribution in [-0.2, 0) is 20.9 Å². The van der Waals surface area contributed by atoms with Gasteiger partial charge < -0.3 is 15.1 Å². The molecule has 1 heterocycles. The van der Waals surface area contributed by atoms with Gasteiger partial charge in [0.25, 0.3) is 0 Å². The van der Waals surface area contributed by atoms with Crippen molar-refractivity contribution in [2.24, 2.45) is 5.92 Å². The molecule has 0 spiro atoms. The van der Waals surface area contributed by atoms with E-state index in [4.69, 9.17) is 0 Å². The van der Waals surface area contributed by atoms with Crippen molar-refractivity contribution in [1.82, 2.24) is 15.1 Å². The van der Waals surface area contributed by atoms with Gasteiger partial charge in [-0.1, -0.05) is 36.8 Å². The molecule has 1 N–H and O–H groups in total. The lowest BCUT2D eigenvalue weighted by Crippen LogP contribution is -2.55. The van der Waals surface area contributed by atoms with Crippen molar-refractivity contribution in [3.05, 3.63) is 35.4 Å². The molecule has 25 heavy (non-hydrogen) atoms. The van der Waals surface area contributed by atoms with E-state index in [1.54, 1.807) is 11.8 Å². The molecule has 3 amide bonds. The largest absolute Gasteiger partial charge is 0.353 e. The minimum absolute atomic E-state index is 0.0372. The van der Waals surface area contributed by atoms with Gasteiger partial charge in [0.2, 0.25) is 5.91 Å². The Balaban J connectivity index is 1.54. The summed E-state index contributed by atoms with van der Waals surface area (Å²) in [4.78, 5) is 39.9. The average Bonchev–Trinajstić information content (AvgIpc) is 3.40. The highest BCUT2D eigenvalue weighted by Gasteiger charge is 2.34. The SMILES string of the molecule is Cc1ccc(CN2CCN(C[C@H](C)C(=O)NC3CC3)C(=O)C2=O)cc1. The van der Waals surface area contributed by atoms with Crippen molar-refractivity contribution in [3.8, 4) is 0 Å². The summed E-state index contributed by atoms with van der Waals surface area (Å²) in [6.45, 7) is 5.51. The molecule has 3 rings (SSSR count). The van der Waals surface area contributed by atoms with Crippen molar-refractivity contribution in [1.29, 1.82) is 0 Å². The second kappa shape index (κ2) is 7.25. The third-order valence-electron chi connectivity index (χ3n) is 4.76. The van der Waals surface area contributed by atoms with Crippen molar-refractivity contribution in [3.63, 3.8) is 0 Å². The number of rotatable bonds is 6. The Morgan fingerprint density at radius 2 is 1.72 bits per heavy atom. The van der Waals surface area contributed by atoms with E-state index >= 15 is 0 Å². The third-order valence-corrected chi connectivity index (χ3v) is 4.76. The van der Waals surface area contributed by atoms with E-state index in [0.717, 1.165) is 24.0 Å². The number of carbonyl (C=O) groups excluding carboxylic acids is 3. The lowest BCUT2D eigenvalue weighted by atomic mass is 10.1. The molecule has 0 radical (unpaired) electrons. The van der Waals surface area contributed by atoms with Crippen molar-refractivity contribution < 1.29 is 14.4 Å². The number of nitrogens with zero attached hydrogens (tertiary/aromatic N) is 2. The normalized spacial score (nSPS) is 19.1. The number of aryl methyl sites for hydroxylation is 1. The van der Waals surface area contributed by atoms with Crippen LogP contribution in [0.15, 0.2) is 24.3 Å². The summed E-state index contributed by atoms with van der Waals surface area (Å²) in [6, 6.07) is 8.25. The molecule has 1 aromatic carbocycles. The van der Waals surface area contributed by atoms with E-state index in [1.807, 2.05) is 31.2 Å². The van der Waals surface area contributed by atoms with Crippen LogP contribution in [0.4, 0.5) is 0 Å². The summed E-state index contributed by atoms with van der Waals surface area (Å²) >= 11 is 0. The van der Waals surface area contributed by atoms with E-state index in [2.05, 4.69) is 5.32 Å². The van der Waals surface area contributed by atoms with Crippen LogP contribution in [-0.4, -0.2) is 53.2 Å². The van der Waals surface area contributed by atoms with E-state index in [0.29, 0.717) is 32.2 Å². The Hall–Kier alpha value is -2.37. The first kappa shape index (κ1) is 17.5. The smallest absolute Gasteiger partial charge is 0.312 e. The highest BCUT2D eigenvalue weighted by atomic mass is 16.2. The van der Waals surface area contributed by atoms with E-state index in [1.165, 1.54) is 4.90 Å². The van der Waals surface area contributed by atoms with Gasteiger partial charge in [0.05, 0.1) is 5.92 Å². The fraction of sp³-hybridized carbons (Fsp3) is 0.526. The molecule has 1 saturated heterocycles. The number of piperazine rings is 1. The average molecular weight is 343 g/mol. The summed E-state index contributed by atoms with van der Waals surface area (Å²) in [5.74, 6) is -1.34. The van der Waals surface area contributed by atoms with Crippen LogP contribution in [0.25, 0.3) is 0 Å². The Morgan fingerprint density at radius 1 is 1.12 bits per heavy atom. The zero-order chi connectivity index (χ0) is 18.0. The first-order valence-electron chi connectivity index (χ1n) is 8.88. The van der Waals surface area contributed by atoms with Gasteiger partial charge >= 0.3 is 11.8 Å². The summed E-state index contributed by atoms with van der Waals surface area (Å²) < 4.78 is 0. The molecule has 0 aromatic heterocycles. The number of amides is 3. The molecular formula is C19H25N3O3. The standard InChI is InChI=1S/C19H25N3O3/c1-13-3-5-15(6-4-13)12-22-10-9-21(18(24)19(22)25)11-14(2)17(23)20-16-7-8-16/h3-6,14,16H,7-12H2,1-2H3,(H,20,23)/t14-/m0/s1. The van der Waals surface area contributed by atoms with Gasteiger partial charge in [-0.15, -0.1) is 0 Å². The Bertz CT molecular complexity index is 667. The van der Waals surface area contributed by atoms with Gasteiger partial charge in [0.1, 0.15) is 0 Å². The number of nitrogens with one attached hydrogen (secondary N) is 1. The van der Waals surface area contributed by atoms with Crippen LogP contribution in [0.5, 0.6) is 0 Å². The fourth-order valence-electron chi connectivity index (χ4n) is 2.94. The van der Waals surface area contributed by atoms with E-state index in [-0.39, 0.29) is 11.8 Å². The van der Waals surface area contributed by atoms with Crippen LogP contribution >= 0.6 is 0 Å². The molecule has 2 aliphatic rings. The molecule has 1 aromatic rings. The van der Waals surface area contributed by atoms with Crippen LogP contribution < -0.4 is 5.32 Å². The first-order valence-corrected chi connectivity index (χ1v) is 8.88. The predicted molar refractivity (Wildman–Crippen MR) is 93.5 cm³/mol. The number of hydrogen-bond donors (Lipinski definition) is 1. The van der Waals surface area contributed by atoms with Crippen molar-refractivity contribution in [2.45, 2.75) is 39.3 Å². The van der Waals surface area contributed by atoms with Crippen LogP contribution in [0.2, 0.25) is 0 Å². The molecule has 134 valence electrons. The molecule has 6 nitrogen and oxygen atoms in total. The van der Waals surface area contributed by atoms with Crippen molar-refractivity contribution >= 4 is 17.7 Å². The van der Waals surface area contributed by atoms with Crippen LogP contribution in [0.1, 0.15) is 30.9 Å². The van der Waals surface area contributed by atoms with Gasteiger partial charge in [0.15, 0.2) is 0 Å². The summed E-state index contributed by atoms with van der Waals surface area (Å²) in [5.41, 5.74) is 2.17. The predicted octanol–water partition coefficient (Wildman–Crippen LogP) is 1.08. The molecule has 0 unspecified atom stereocenters. The van der Waals surface area contributed by atoms with E-state index < -0.39 is 11.8 Å². The number of benzene rings is 1. The molecule has 1 aliphatic carbocycles. The zero-order valence-electron chi connectivity index (χ0n) is 14.8. The summed E-state index contributed by atoms with van der Waals surface area (Å²) in [6.07, 6.45) is 2.07. The molecule has 1 atom stereocenters. The third kappa shape index (κ3) is 4.38. The maximum atomic E-state index is 12.4. The molecular weight excluding hydrogens is 318 g/mol. The molecule has 2 fully saturated rings. The second-order valence-electron chi connectivity index (χ2n) is 7.15. The first-order chi connectivity index (χ1) is 11.9. The maximum absolute atomic E-state index is 12.4. The highest BCUT2D eigenvalue weighted by molar-refractivity contribution is 6.35. The zero-order valence-corrected chi connectivity index (χ0v) is 14.8. The second-order valence-corrected chi connectivity index (χ2v) is 7.15. The molecule has 1 aliphatic heterocycles. The fourth-order valence-corrected chi connectivity index (χ4v) is 2.94. The monoisotopic (exact) mass is 343 g/mol. The highest BCUT2D eigenvalue weighted by Crippen LogP contribution is 2.19. The number of carbonyl (C=O) groups is 3. The quantitative estimate of drug-likeness (QED) is 0.786. The molecule has 1 saturated carbocycles.